The quantitative estimate of drug-likeness (QED) is 0.694. The van der Waals surface area contributed by atoms with E-state index in [0.29, 0.717) is 0 Å². The molecule has 18 heavy (non-hydrogen) atoms. The van der Waals surface area contributed by atoms with Crippen molar-refractivity contribution in [3.05, 3.63) is 0 Å². The molecule has 0 aliphatic carbocycles. The normalized spacial score (nSPS) is 18.2. The van der Waals surface area contributed by atoms with Crippen molar-refractivity contribution in [1.29, 1.82) is 0 Å². The second kappa shape index (κ2) is 8.48. The number of piperazine rings is 1. The molecule has 1 amide bonds. The standard InChI is InChI=1S/C14H29N3O/c1-13(2)14(18)15-7-5-4-6-8-17-11-9-16(3)10-12-17/h13H,4-12H2,1-3H3,(H,15,18). The van der Waals surface area contributed by atoms with Crippen LogP contribution in [0.4, 0.5) is 0 Å². The van der Waals surface area contributed by atoms with Crippen LogP contribution in [0.25, 0.3) is 0 Å². The van der Waals surface area contributed by atoms with E-state index in [1.165, 1.54) is 45.6 Å². The van der Waals surface area contributed by atoms with Crippen LogP contribution in [0.3, 0.4) is 0 Å². The molecule has 1 aliphatic heterocycles. The van der Waals surface area contributed by atoms with Crippen LogP contribution >= 0.6 is 0 Å². The van der Waals surface area contributed by atoms with Crippen molar-refractivity contribution >= 4 is 5.91 Å². The number of unbranched alkanes of at least 4 members (excludes halogenated alkanes) is 2. The highest BCUT2D eigenvalue weighted by Crippen LogP contribution is 2.03. The predicted octanol–water partition coefficient (Wildman–Crippen LogP) is 1.18. The smallest absolute Gasteiger partial charge is 0.222 e. The van der Waals surface area contributed by atoms with Gasteiger partial charge in [-0.3, -0.25) is 4.79 Å². The topological polar surface area (TPSA) is 35.6 Å². The highest BCUT2D eigenvalue weighted by atomic mass is 16.1. The Balaban J connectivity index is 1.91. The number of amides is 1. The van der Waals surface area contributed by atoms with E-state index in [0.717, 1.165) is 13.0 Å². The van der Waals surface area contributed by atoms with Crippen molar-refractivity contribution in [2.75, 3.05) is 46.3 Å². The molecule has 0 aromatic heterocycles. The predicted molar refractivity (Wildman–Crippen MR) is 75.6 cm³/mol. The van der Waals surface area contributed by atoms with Crippen molar-refractivity contribution in [2.24, 2.45) is 5.92 Å². The fourth-order valence-electron chi connectivity index (χ4n) is 2.12. The monoisotopic (exact) mass is 255 g/mol. The molecule has 1 heterocycles. The Labute approximate surface area is 112 Å². The van der Waals surface area contributed by atoms with Crippen LogP contribution in [0.5, 0.6) is 0 Å². The van der Waals surface area contributed by atoms with Crippen molar-refractivity contribution in [3.8, 4) is 0 Å². The Kier molecular flexibility index (Phi) is 7.28. The van der Waals surface area contributed by atoms with Gasteiger partial charge in [0.05, 0.1) is 0 Å². The summed E-state index contributed by atoms with van der Waals surface area (Å²) in [6, 6.07) is 0. The number of carbonyl (C=O) groups is 1. The molecule has 1 saturated heterocycles. The molecule has 4 nitrogen and oxygen atoms in total. The maximum absolute atomic E-state index is 11.3. The second-order valence-corrected chi connectivity index (χ2v) is 5.65. The molecule has 0 aromatic rings. The molecule has 0 atom stereocenters. The summed E-state index contributed by atoms with van der Waals surface area (Å²) in [7, 11) is 2.19. The summed E-state index contributed by atoms with van der Waals surface area (Å²) in [5.41, 5.74) is 0. The van der Waals surface area contributed by atoms with Gasteiger partial charge in [0.1, 0.15) is 0 Å². The van der Waals surface area contributed by atoms with E-state index in [2.05, 4.69) is 22.2 Å². The molecule has 1 fully saturated rings. The Morgan fingerprint density at radius 3 is 2.39 bits per heavy atom. The molecule has 4 heteroatoms. The second-order valence-electron chi connectivity index (χ2n) is 5.65. The first-order chi connectivity index (χ1) is 8.59. The number of hydrogen-bond acceptors (Lipinski definition) is 3. The summed E-state index contributed by atoms with van der Waals surface area (Å²) < 4.78 is 0. The van der Waals surface area contributed by atoms with Gasteiger partial charge in [-0.2, -0.15) is 0 Å². The van der Waals surface area contributed by atoms with Gasteiger partial charge in [-0.25, -0.2) is 0 Å². The molecule has 1 N–H and O–H groups in total. The zero-order valence-corrected chi connectivity index (χ0v) is 12.2. The van der Waals surface area contributed by atoms with E-state index < -0.39 is 0 Å². The van der Waals surface area contributed by atoms with Gasteiger partial charge < -0.3 is 15.1 Å². The lowest BCUT2D eigenvalue weighted by molar-refractivity contribution is -0.123. The minimum Gasteiger partial charge on any atom is -0.356 e. The lowest BCUT2D eigenvalue weighted by atomic mass is 10.2. The fourth-order valence-corrected chi connectivity index (χ4v) is 2.12. The van der Waals surface area contributed by atoms with E-state index in [1.807, 2.05) is 13.8 Å². The zero-order valence-electron chi connectivity index (χ0n) is 12.2. The Morgan fingerprint density at radius 2 is 1.78 bits per heavy atom. The highest BCUT2D eigenvalue weighted by molar-refractivity contribution is 5.77. The molecule has 0 saturated carbocycles. The van der Waals surface area contributed by atoms with Crippen LogP contribution < -0.4 is 5.32 Å². The first kappa shape index (κ1) is 15.4. The van der Waals surface area contributed by atoms with Crippen molar-refractivity contribution in [3.63, 3.8) is 0 Å². The number of nitrogens with one attached hydrogen (secondary N) is 1. The van der Waals surface area contributed by atoms with Crippen LogP contribution in [0, 0.1) is 5.92 Å². The SMILES string of the molecule is CC(C)C(=O)NCCCCCN1CCN(C)CC1. The van der Waals surface area contributed by atoms with Gasteiger partial charge in [0.15, 0.2) is 0 Å². The summed E-state index contributed by atoms with van der Waals surface area (Å²) in [5, 5.41) is 2.97. The minimum atomic E-state index is 0.107. The number of carbonyl (C=O) groups excluding carboxylic acids is 1. The average molecular weight is 255 g/mol. The lowest BCUT2D eigenvalue weighted by Crippen LogP contribution is -2.44. The van der Waals surface area contributed by atoms with E-state index in [1.54, 1.807) is 0 Å². The fraction of sp³-hybridized carbons (Fsp3) is 0.929. The average Bonchev–Trinajstić information content (AvgIpc) is 2.35. The first-order valence-corrected chi connectivity index (χ1v) is 7.28. The van der Waals surface area contributed by atoms with E-state index in [4.69, 9.17) is 0 Å². The van der Waals surface area contributed by atoms with E-state index in [-0.39, 0.29) is 11.8 Å². The third-order valence-corrected chi connectivity index (χ3v) is 3.57. The van der Waals surface area contributed by atoms with Gasteiger partial charge in [-0.1, -0.05) is 20.3 Å². The third-order valence-electron chi connectivity index (χ3n) is 3.57. The zero-order chi connectivity index (χ0) is 13.4. The van der Waals surface area contributed by atoms with Crippen molar-refractivity contribution in [2.45, 2.75) is 33.1 Å². The van der Waals surface area contributed by atoms with Crippen molar-refractivity contribution < 1.29 is 4.79 Å². The molecule has 0 aromatic carbocycles. The maximum Gasteiger partial charge on any atom is 0.222 e. The maximum atomic E-state index is 11.3. The molecule has 0 radical (unpaired) electrons. The Hall–Kier alpha value is -0.610. The molecule has 1 rings (SSSR count). The molecule has 106 valence electrons. The van der Waals surface area contributed by atoms with Gasteiger partial charge in [0.25, 0.3) is 0 Å². The summed E-state index contributed by atoms with van der Waals surface area (Å²) in [4.78, 5) is 16.3. The minimum absolute atomic E-state index is 0.107. The Morgan fingerprint density at radius 1 is 1.11 bits per heavy atom. The number of nitrogens with zero attached hydrogens (tertiary/aromatic N) is 2. The van der Waals surface area contributed by atoms with Gasteiger partial charge in [0.2, 0.25) is 5.91 Å². The van der Waals surface area contributed by atoms with E-state index >= 15 is 0 Å². The number of likely N-dealkylation sites (N-methyl/N-ethyl adjacent to an activating group) is 1. The molecular formula is C14H29N3O. The molecular weight excluding hydrogens is 226 g/mol. The highest BCUT2D eigenvalue weighted by Gasteiger charge is 2.12. The number of rotatable bonds is 7. The van der Waals surface area contributed by atoms with Crippen LogP contribution in [0.15, 0.2) is 0 Å². The Bertz CT molecular complexity index is 235. The van der Waals surface area contributed by atoms with E-state index in [9.17, 15) is 4.79 Å². The number of hydrogen-bond donors (Lipinski definition) is 1. The van der Waals surface area contributed by atoms with Gasteiger partial charge >= 0.3 is 0 Å². The summed E-state index contributed by atoms with van der Waals surface area (Å²) in [5.74, 6) is 0.282. The van der Waals surface area contributed by atoms with Gasteiger partial charge in [-0.05, 0) is 26.4 Å². The molecule has 0 bridgehead atoms. The molecule has 0 spiro atoms. The molecule has 1 aliphatic rings. The first-order valence-electron chi connectivity index (χ1n) is 7.28. The third kappa shape index (κ3) is 6.36. The summed E-state index contributed by atoms with van der Waals surface area (Å²) in [6.07, 6.45) is 3.57. The van der Waals surface area contributed by atoms with Crippen LogP contribution in [0.1, 0.15) is 33.1 Å². The van der Waals surface area contributed by atoms with Gasteiger partial charge in [-0.15, -0.1) is 0 Å². The van der Waals surface area contributed by atoms with Crippen LogP contribution in [-0.2, 0) is 4.79 Å². The summed E-state index contributed by atoms with van der Waals surface area (Å²) >= 11 is 0. The lowest BCUT2D eigenvalue weighted by Gasteiger charge is -2.32. The van der Waals surface area contributed by atoms with Gasteiger partial charge in [0, 0.05) is 38.6 Å². The summed E-state index contributed by atoms with van der Waals surface area (Å²) in [6.45, 7) is 10.7. The largest absolute Gasteiger partial charge is 0.356 e. The van der Waals surface area contributed by atoms with Crippen LogP contribution in [-0.4, -0.2) is 62.0 Å². The molecule has 0 unspecified atom stereocenters. The van der Waals surface area contributed by atoms with Crippen molar-refractivity contribution in [1.82, 2.24) is 15.1 Å². The van der Waals surface area contributed by atoms with Crippen LogP contribution in [0.2, 0.25) is 0 Å².